The number of rotatable bonds is 25. The van der Waals surface area contributed by atoms with E-state index in [1.807, 2.05) is 13.8 Å². The molecule has 0 aromatic rings. The number of imide groups is 1. The Balaban J connectivity index is 2.02. The lowest BCUT2D eigenvalue weighted by atomic mass is 9.96. The van der Waals surface area contributed by atoms with Gasteiger partial charge in [0.05, 0.1) is 0 Å². The summed E-state index contributed by atoms with van der Waals surface area (Å²) in [5, 5.41) is 8.36. The Morgan fingerprint density at radius 1 is 0.721 bits per heavy atom. The maximum absolute atomic E-state index is 12.7. The summed E-state index contributed by atoms with van der Waals surface area (Å²) in [6, 6.07) is -0.382. The Morgan fingerprint density at radius 3 is 1.67 bits per heavy atom. The van der Waals surface area contributed by atoms with Crippen LogP contribution in [-0.2, 0) is 14.3 Å². The average molecular weight is 611 g/mol. The molecule has 0 spiro atoms. The van der Waals surface area contributed by atoms with Gasteiger partial charge in [-0.3, -0.25) is 15.0 Å². The van der Waals surface area contributed by atoms with Gasteiger partial charge in [-0.2, -0.15) is 0 Å². The van der Waals surface area contributed by atoms with Gasteiger partial charge in [-0.05, 0) is 32.5 Å². The zero-order chi connectivity index (χ0) is 31.8. The number of nitrogens with one attached hydrogen (secondary N) is 3. The fourth-order valence-corrected chi connectivity index (χ4v) is 5.74. The van der Waals surface area contributed by atoms with Gasteiger partial charge in [-0.25, -0.2) is 9.59 Å². The first-order chi connectivity index (χ1) is 20.7. The fourth-order valence-electron chi connectivity index (χ4n) is 5.74. The predicted octanol–water partition coefficient (Wildman–Crippen LogP) is 7.33. The molecule has 2 atom stereocenters. The zero-order valence-corrected chi connectivity index (χ0v) is 28.4. The van der Waals surface area contributed by atoms with Gasteiger partial charge in [0.15, 0.2) is 0 Å². The van der Waals surface area contributed by atoms with E-state index < -0.39 is 23.6 Å². The summed E-state index contributed by atoms with van der Waals surface area (Å²) < 4.78 is 10.6. The molecule has 252 valence electrons. The third kappa shape index (κ3) is 19.2. The Hall–Kier alpha value is -1.87. The molecule has 1 unspecified atom stereocenters. The van der Waals surface area contributed by atoms with Crippen molar-refractivity contribution in [3.05, 3.63) is 0 Å². The highest BCUT2D eigenvalue weighted by Gasteiger charge is 2.36. The van der Waals surface area contributed by atoms with E-state index in [4.69, 9.17) is 9.47 Å². The topological polar surface area (TPSA) is 109 Å². The fraction of sp³-hybridized carbons (Fsp3) is 0.912. The van der Waals surface area contributed by atoms with E-state index in [-0.39, 0.29) is 25.2 Å². The van der Waals surface area contributed by atoms with Crippen LogP contribution in [0.15, 0.2) is 0 Å². The molecule has 1 rings (SSSR count). The number of unbranched alkanes of at least 4 members (excludes halogenated alkanes) is 15. The Kier molecular flexibility index (Phi) is 22.3. The molecule has 1 fully saturated rings. The van der Waals surface area contributed by atoms with Crippen molar-refractivity contribution in [3.63, 3.8) is 0 Å². The van der Waals surface area contributed by atoms with Crippen molar-refractivity contribution in [1.82, 2.24) is 20.9 Å². The number of nitrogens with zero attached hydrogens (tertiary/aromatic N) is 1. The lowest BCUT2D eigenvalue weighted by Gasteiger charge is -2.30. The number of alkyl carbamates (subject to hydrolysis) is 2. The van der Waals surface area contributed by atoms with Crippen molar-refractivity contribution in [2.75, 3.05) is 39.4 Å². The standard InChI is InChI=1S/C34H66N4O5/c1-6-9-10-11-12-13-14-15-16-17-18-19-20-21-22-23-25-36-32(40)42-27-34(4,5)28-43-33(41)37-31(39)30-29(24-26-35-30)38(7-2)8-3/h29-30,35H,6-28H2,1-5H3,(H,36,40)(H,37,39,41)/t29?,30-/m1/s1. The van der Waals surface area contributed by atoms with Crippen molar-refractivity contribution in [3.8, 4) is 0 Å². The van der Waals surface area contributed by atoms with Crippen molar-refractivity contribution < 1.29 is 23.9 Å². The van der Waals surface area contributed by atoms with Gasteiger partial charge in [0.2, 0.25) is 5.91 Å². The number of hydrogen-bond acceptors (Lipinski definition) is 7. The zero-order valence-electron chi connectivity index (χ0n) is 28.4. The molecule has 1 heterocycles. The summed E-state index contributed by atoms with van der Waals surface area (Å²) in [7, 11) is 0. The van der Waals surface area contributed by atoms with E-state index >= 15 is 0 Å². The summed E-state index contributed by atoms with van der Waals surface area (Å²) in [6.45, 7) is 13.3. The molecule has 3 amide bonds. The van der Waals surface area contributed by atoms with E-state index in [1.54, 1.807) is 0 Å². The highest BCUT2D eigenvalue weighted by atomic mass is 16.6. The first-order valence-corrected chi connectivity index (χ1v) is 17.6. The van der Waals surface area contributed by atoms with Crippen LogP contribution in [0.1, 0.15) is 144 Å². The van der Waals surface area contributed by atoms with Gasteiger partial charge in [-0.15, -0.1) is 0 Å². The summed E-state index contributed by atoms with van der Waals surface area (Å²) in [6.07, 6.45) is 20.7. The molecule has 0 aromatic heterocycles. The van der Waals surface area contributed by atoms with Crippen LogP contribution < -0.4 is 16.0 Å². The van der Waals surface area contributed by atoms with Gasteiger partial charge < -0.3 is 20.1 Å². The molecule has 9 nitrogen and oxygen atoms in total. The number of ether oxygens (including phenoxy) is 2. The maximum atomic E-state index is 12.7. The second-order valence-electron chi connectivity index (χ2n) is 13.0. The molecule has 1 saturated heterocycles. The van der Waals surface area contributed by atoms with Crippen LogP contribution in [0.2, 0.25) is 0 Å². The molecule has 1 aliphatic heterocycles. The summed E-state index contributed by atoms with van der Waals surface area (Å²) in [5.74, 6) is -0.373. The van der Waals surface area contributed by atoms with Crippen LogP contribution in [0.4, 0.5) is 9.59 Å². The average Bonchev–Trinajstić information content (AvgIpc) is 3.47. The molecular formula is C34H66N4O5. The molecule has 0 aromatic carbocycles. The molecule has 0 radical (unpaired) electrons. The van der Waals surface area contributed by atoms with Crippen molar-refractivity contribution in [2.24, 2.45) is 5.41 Å². The van der Waals surface area contributed by atoms with Gasteiger partial charge in [0, 0.05) is 18.0 Å². The monoisotopic (exact) mass is 611 g/mol. The van der Waals surface area contributed by atoms with Crippen LogP contribution in [0, 0.1) is 5.41 Å². The van der Waals surface area contributed by atoms with Gasteiger partial charge in [0.25, 0.3) is 0 Å². The van der Waals surface area contributed by atoms with Gasteiger partial charge >= 0.3 is 12.2 Å². The predicted molar refractivity (Wildman–Crippen MR) is 175 cm³/mol. The number of carbonyl (C=O) groups excluding carboxylic acids is 3. The second kappa shape index (κ2) is 24.5. The first kappa shape index (κ1) is 39.2. The third-order valence-electron chi connectivity index (χ3n) is 8.47. The third-order valence-corrected chi connectivity index (χ3v) is 8.47. The molecule has 43 heavy (non-hydrogen) atoms. The van der Waals surface area contributed by atoms with Crippen LogP contribution in [0.3, 0.4) is 0 Å². The number of hydrogen-bond donors (Lipinski definition) is 3. The highest BCUT2D eigenvalue weighted by molar-refractivity contribution is 5.95. The minimum absolute atomic E-state index is 0.0239. The summed E-state index contributed by atoms with van der Waals surface area (Å²) in [5.41, 5.74) is -0.582. The quantitative estimate of drug-likeness (QED) is 0.0929. The molecule has 0 bridgehead atoms. The highest BCUT2D eigenvalue weighted by Crippen LogP contribution is 2.18. The van der Waals surface area contributed by atoms with E-state index in [2.05, 4.69) is 41.6 Å². The van der Waals surface area contributed by atoms with Crippen LogP contribution >= 0.6 is 0 Å². The van der Waals surface area contributed by atoms with Crippen LogP contribution in [0.5, 0.6) is 0 Å². The van der Waals surface area contributed by atoms with Gasteiger partial charge in [0.1, 0.15) is 19.3 Å². The SMILES string of the molecule is CCCCCCCCCCCCCCCCCCNC(=O)OCC(C)(C)COC(=O)NC(=O)[C@@H]1NCCC1N(CC)CC. The summed E-state index contributed by atoms with van der Waals surface area (Å²) in [4.78, 5) is 39.3. The van der Waals surface area contributed by atoms with E-state index in [0.29, 0.717) is 6.54 Å². The minimum atomic E-state index is -0.780. The Labute approximate surface area is 263 Å². The van der Waals surface area contributed by atoms with Crippen molar-refractivity contribution >= 4 is 18.1 Å². The number of carbonyl (C=O) groups is 3. The van der Waals surface area contributed by atoms with Gasteiger partial charge in [-0.1, -0.05) is 131 Å². The summed E-state index contributed by atoms with van der Waals surface area (Å²) >= 11 is 0. The number of amides is 3. The second-order valence-corrected chi connectivity index (χ2v) is 13.0. The van der Waals surface area contributed by atoms with E-state index in [0.717, 1.165) is 38.9 Å². The minimum Gasteiger partial charge on any atom is -0.449 e. The lowest BCUT2D eigenvalue weighted by Crippen LogP contribution is -2.53. The maximum Gasteiger partial charge on any atom is 0.413 e. The number of likely N-dealkylation sites (N-methyl/N-ethyl adjacent to an activating group) is 1. The molecule has 1 aliphatic rings. The lowest BCUT2D eigenvalue weighted by molar-refractivity contribution is -0.123. The molecule has 9 heteroatoms. The largest absolute Gasteiger partial charge is 0.449 e. The normalized spacial score (nSPS) is 16.8. The first-order valence-electron chi connectivity index (χ1n) is 17.6. The van der Waals surface area contributed by atoms with E-state index in [1.165, 1.54) is 89.9 Å². The Bertz CT molecular complexity index is 744. The van der Waals surface area contributed by atoms with Crippen LogP contribution in [-0.4, -0.2) is 74.5 Å². The molecule has 0 aliphatic carbocycles. The molecular weight excluding hydrogens is 544 g/mol. The molecule has 3 N–H and O–H groups in total. The van der Waals surface area contributed by atoms with E-state index in [9.17, 15) is 14.4 Å². The van der Waals surface area contributed by atoms with Crippen LogP contribution in [0.25, 0.3) is 0 Å². The molecule has 0 saturated carbocycles. The van der Waals surface area contributed by atoms with Crippen molar-refractivity contribution in [1.29, 1.82) is 0 Å². The Morgan fingerprint density at radius 2 is 1.19 bits per heavy atom. The van der Waals surface area contributed by atoms with Crippen molar-refractivity contribution in [2.45, 2.75) is 156 Å². The smallest absolute Gasteiger partial charge is 0.413 e.